The van der Waals surface area contributed by atoms with Crippen molar-refractivity contribution in [3.8, 4) is 0 Å². The van der Waals surface area contributed by atoms with Crippen LogP contribution < -0.4 is 16.0 Å². The molecule has 276 valence electrons. The van der Waals surface area contributed by atoms with Crippen molar-refractivity contribution in [2.75, 3.05) is 30.8 Å². The van der Waals surface area contributed by atoms with Crippen LogP contribution in [0.4, 0.5) is 19.5 Å². The number of nitrogens with zero attached hydrogens (tertiary/aromatic N) is 1. The van der Waals surface area contributed by atoms with Gasteiger partial charge in [-0.05, 0) is 104 Å². The third-order valence-corrected chi connectivity index (χ3v) is 11.2. The highest BCUT2D eigenvalue weighted by Gasteiger charge is 2.32. The molecular formula is C39H42Cl2F2N4O4S. The van der Waals surface area contributed by atoms with Crippen LogP contribution in [0.15, 0.2) is 60.7 Å². The van der Waals surface area contributed by atoms with E-state index in [1.165, 1.54) is 31.3 Å². The van der Waals surface area contributed by atoms with Gasteiger partial charge < -0.3 is 20.7 Å². The number of likely N-dealkylation sites (tertiary alicyclic amines) is 1. The normalized spacial score (nSPS) is 17.7. The van der Waals surface area contributed by atoms with Gasteiger partial charge in [-0.3, -0.25) is 14.5 Å². The number of amides is 2. The van der Waals surface area contributed by atoms with Crippen molar-refractivity contribution in [3.63, 3.8) is 0 Å². The number of aryl methyl sites for hydroxylation is 2. The molecule has 3 aromatic carbocycles. The van der Waals surface area contributed by atoms with Gasteiger partial charge in [-0.1, -0.05) is 24.3 Å². The van der Waals surface area contributed by atoms with E-state index in [4.69, 9.17) is 4.74 Å². The molecule has 7 rings (SSSR count). The molecule has 52 heavy (non-hydrogen) atoms. The number of piperazine rings is 1. The summed E-state index contributed by atoms with van der Waals surface area (Å²) >= 11 is 1.40. The zero-order chi connectivity index (χ0) is 34.8. The Morgan fingerprint density at radius 3 is 2.23 bits per heavy atom. The number of carbonyl (C=O) groups is 3. The topological polar surface area (TPSA) is 99.8 Å². The number of ether oxygens (including phenoxy) is 1. The summed E-state index contributed by atoms with van der Waals surface area (Å²) in [5.41, 5.74) is 3.92. The lowest BCUT2D eigenvalue weighted by Crippen LogP contribution is -2.50. The van der Waals surface area contributed by atoms with Gasteiger partial charge in [-0.25, -0.2) is 13.6 Å². The van der Waals surface area contributed by atoms with Crippen molar-refractivity contribution in [2.45, 2.75) is 70.0 Å². The molecule has 2 saturated heterocycles. The van der Waals surface area contributed by atoms with Gasteiger partial charge in [0, 0.05) is 53.4 Å². The van der Waals surface area contributed by atoms with Crippen LogP contribution in [0.3, 0.4) is 0 Å². The maximum Gasteiger partial charge on any atom is 0.337 e. The van der Waals surface area contributed by atoms with E-state index in [9.17, 15) is 14.4 Å². The third-order valence-electron chi connectivity index (χ3n) is 9.95. The van der Waals surface area contributed by atoms with Crippen LogP contribution in [0.2, 0.25) is 0 Å². The molecule has 0 saturated carbocycles. The fourth-order valence-corrected chi connectivity index (χ4v) is 8.74. The molecule has 8 nitrogen and oxygen atoms in total. The Morgan fingerprint density at radius 1 is 0.846 bits per heavy atom. The fourth-order valence-electron chi connectivity index (χ4n) is 7.46. The van der Waals surface area contributed by atoms with Crippen LogP contribution in [0.1, 0.15) is 83.9 Å². The van der Waals surface area contributed by atoms with Gasteiger partial charge in [-0.2, -0.15) is 0 Å². The van der Waals surface area contributed by atoms with Crippen molar-refractivity contribution >= 4 is 64.6 Å². The zero-order valence-electron chi connectivity index (χ0n) is 28.8. The summed E-state index contributed by atoms with van der Waals surface area (Å²) < 4.78 is 35.2. The lowest BCUT2D eigenvalue weighted by Gasteiger charge is -2.32. The molecule has 2 atom stereocenters. The standard InChI is InChI=1S/C39H40F2N4O4S.2ClH/c1-49-39(48)25-12-9-23(10-13-25)11-16-30-32(40)18-29(19-33(30)41)43-37(47)35-31-7-2-3-8-34(31)50-38(35)44-36(46)26-6-4-5-24(17-26)20-45-21-27-14-15-28(22-45)42-27;;/h4-6,9-10,12-13,17-19,27-28,42H,2-3,7-8,11,14-16,20-22H2,1H3,(H,43,47)(H,44,46);2*1H. The molecular weight excluding hydrogens is 729 g/mol. The minimum Gasteiger partial charge on any atom is -0.465 e. The summed E-state index contributed by atoms with van der Waals surface area (Å²) in [5, 5.41) is 9.80. The summed E-state index contributed by atoms with van der Waals surface area (Å²) in [6.45, 7) is 2.76. The Labute approximate surface area is 318 Å². The number of hydrogen-bond donors (Lipinski definition) is 3. The summed E-state index contributed by atoms with van der Waals surface area (Å²) in [5.74, 6) is -2.80. The maximum absolute atomic E-state index is 15.2. The first-order valence-corrected chi connectivity index (χ1v) is 18.1. The lowest BCUT2D eigenvalue weighted by molar-refractivity contribution is 0.0600. The minimum atomic E-state index is -0.763. The van der Waals surface area contributed by atoms with Crippen LogP contribution in [0.5, 0.6) is 0 Å². The molecule has 2 fully saturated rings. The van der Waals surface area contributed by atoms with Crippen molar-refractivity contribution in [1.82, 2.24) is 10.2 Å². The number of anilines is 2. The highest BCUT2D eigenvalue weighted by molar-refractivity contribution is 7.17. The first-order valence-electron chi connectivity index (χ1n) is 17.2. The Bertz CT molecular complexity index is 1900. The molecule has 0 spiro atoms. The van der Waals surface area contributed by atoms with Crippen LogP contribution in [0.25, 0.3) is 0 Å². The SMILES string of the molecule is COC(=O)c1ccc(CCc2c(F)cc(NC(=O)c3c(NC(=O)c4cccc(CN5CC6CCC(C5)N6)c4)sc4c3CCCC4)cc2F)cc1.Cl.Cl. The molecule has 2 unspecified atom stereocenters. The number of carbonyl (C=O) groups excluding carboxylic acids is 3. The second-order valence-electron chi connectivity index (χ2n) is 13.5. The maximum atomic E-state index is 15.2. The van der Waals surface area contributed by atoms with E-state index in [1.54, 1.807) is 30.3 Å². The van der Waals surface area contributed by atoms with Crippen molar-refractivity contribution in [2.24, 2.45) is 0 Å². The first kappa shape index (κ1) is 39.3. The molecule has 1 aliphatic carbocycles. The molecule has 1 aromatic heterocycles. The van der Waals surface area contributed by atoms with Crippen LogP contribution >= 0.6 is 36.2 Å². The van der Waals surface area contributed by atoms with Crippen LogP contribution in [-0.4, -0.2) is 55.0 Å². The second-order valence-corrected chi connectivity index (χ2v) is 14.6. The van der Waals surface area contributed by atoms with Gasteiger partial charge in [0.05, 0.1) is 18.2 Å². The Hall–Kier alpha value is -3.87. The number of esters is 1. The smallest absolute Gasteiger partial charge is 0.337 e. The van der Waals surface area contributed by atoms with Gasteiger partial charge >= 0.3 is 5.97 Å². The number of methoxy groups -OCH3 is 1. The van der Waals surface area contributed by atoms with Gasteiger partial charge in [0.25, 0.3) is 11.8 Å². The summed E-state index contributed by atoms with van der Waals surface area (Å²) in [6.07, 6.45) is 6.26. The van der Waals surface area contributed by atoms with E-state index in [0.29, 0.717) is 46.6 Å². The average Bonchev–Trinajstić information content (AvgIpc) is 3.65. The van der Waals surface area contributed by atoms with E-state index in [0.717, 1.165) is 72.6 Å². The predicted octanol–water partition coefficient (Wildman–Crippen LogP) is 7.76. The Morgan fingerprint density at radius 2 is 1.54 bits per heavy atom. The number of halogens is 4. The summed E-state index contributed by atoms with van der Waals surface area (Å²) in [6, 6.07) is 17.6. The highest BCUT2D eigenvalue weighted by Crippen LogP contribution is 2.39. The zero-order valence-corrected chi connectivity index (χ0v) is 31.2. The monoisotopic (exact) mass is 770 g/mol. The molecule has 2 bridgehead atoms. The van der Waals surface area contributed by atoms with Gasteiger partial charge in [0.15, 0.2) is 0 Å². The Balaban J connectivity index is 0.00000261. The molecule has 2 amide bonds. The molecule has 4 aromatic rings. The van der Waals surface area contributed by atoms with Crippen molar-refractivity contribution < 1.29 is 27.9 Å². The summed E-state index contributed by atoms with van der Waals surface area (Å²) in [4.78, 5) is 42.6. The Kier molecular flexibility index (Phi) is 13.1. The van der Waals surface area contributed by atoms with Gasteiger partial charge in [0.1, 0.15) is 16.6 Å². The van der Waals surface area contributed by atoms with Gasteiger partial charge in [0.2, 0.25) is 0 Å². The highest BCUT2D eigenvalue weighted by atomic mass is 35.5. The molecule has 2 aliphatic heterocycles. The second kappa shape index (κ2) is 17.3. The van der Waals surface area contributed by atoms with E-state index in [-0.39, 0.29) is 48.4 Å². The number of benzene rings is 3. The van der Waals surface area contributed by atoms with E-state index in [1.807, 2.05) is 18.2 Å². The number of thiophene rings is 1. The molecule has 3 aliphatic rings. The molecule has 3 N–H and O–H groups in total. The van der Waals surface area contributed by atoms with Crippen molar-refractivity contribution in [3.05, 3.63) is 116 Å². The van der Waals surface area contributed by atoms with Crippen molar-refractivity contribution in [1.29, 1.82) is 0 Å². The lowest BCUT2D eigenvalue weighted by atomic mass is 9.95. The van der Waals surface area contributed by atoms with E-state index < -0.39 is 23.5 Å². The quantitative estimate of drug-likeness (QED) is 0.143. The predicted molar refractivity (Wildman–Crippen MR) is 205 cm³/mol. The fraction of sp³-hybridized carbons (Fsp3) is 0.359. The van der Waals surface area contributed by atoms with Gasteiger partial charge in [-0.15, -0.1) is 36.2 Å². The van der Waals surface area contributed by atoms with E-state index >= 15 is 8.78 Å². The average molecular weight is 772 g/mol. The van der Waals surface area contributed by atoms with E-state index in [2.05, 4.69) is 20.9 Å². The first-order chi connectivity index (χ1) is 24.2. The number of rotatable bonds is 10. The molecule has 13 heteroatoms. The van der Waals surface area contributed by atoms with Crippen LogP contribution in [0, 0.1) is 11.6 Å². The summed E-state index contributed by atoms with van der Waals surface area (Å²) in [7, 11) is 1.30. The molecule has 3 heterocycles. The number of hydrogen-bond acceptors (Lipinski definition) is 7. The number of fused-ring (bicyclic) bond motifs is 3. The number of nitrogens with one attached hydrogen (secondary N) is 3. The largest absolute Gasteiger partial charge is 0.465 e. The van der Waals surface area contributed by atoms with Crippen LogP contribution in [-0.2, 0) is 37.0 Å². The molecule has 0 radical (unpaired) electrons. The minimum absolute atomic E-state index is 0. The third kappa shape index (κ3) is 8.83.